The molecule has 0 atom stereocenters. The highest BCUT2D eigenvalue weighted by Crippen LogP contribution is 2.33. The largest absolute Gasteiger partial charge is 0.494 e. The maximum Gasteiger partial charge on any atom is 0.342 e. The Morgan fingerprint density at radius 1 is 1.47 bits per heavy atom. The molecule has 1 aromatic rings. The molecule has 0 aliphatic carbocycles. The summed E-state index contributed by atoms with van der Waals surface area (Å²) in [6.45, 7) is 0. The minimum absolute atomic E-state index is 0.0500. The quantitative estimate of drug-likeness (QED) is 0.774. The van der Waals surface area contributed by atoms with Crippen molar-refractivity contribution < 1.29 is 22.7 Å². The Balaban J connectivity index is 3.36. The van der Waals surface area contributed by atoms with Gasteiger partial charge < -0.3 is 9.47 Å². The molecule has 0 radical (unpaired) electrons. The van der Waals surface area contributed by atoms with Gasteiger partial charge in [-0.3, -0.25) is 0 Å². The topological polar surface area (TPSA) is 95.7 Å². The van der Waals surface area contributed by atoms with Crippen LogP contribution in [0.1, 0.15) is 10.4 Å². The lowest BCUT2D eigenvalue weighted by atomic mass is 10.3. The van der Waals surface area contributed by atoms with Crippen molar-refractivity contribution in [3.05, 3.63) is 10.9 Å². The smallest absolute Gasteiger partial charge is 0.342 e. The molecule has 0 amide bonds. The number of primary sulfonamides is 1. The number of methoxy groups -OCH3 is 2. The van der Waals surface area contributed by atoms with Gasteiger partial charge in [0.1, 0.15) is 5.56 Å². The van der Waals surface area contributed by atoms with Crippen LogP contribution in [0.15, 0.2) is 9.59 Å². The number of hydrogen-bond donors (Lipinski definition) is 1. The molecular formula is C7H9NO5S2. The predicted octanol–water partition coefficient (Wildman–Crippen LogP) is 0.191. The summed E-state index contributed by atoms with van der Waals surface area (Å²) >= 11 is 0.813. The standard InChI is InChI=1S/C7H9NO5S2/c1-12-5-4(6(9)13-2)3-14-7(5)15(8,10)11/h3H,1-2H3,(H2,8,10,11). The van der Waals surface area contributed by atoms with Gasteiger partial charge in [0.2, 0.25) is 0 Å². The van der Waals surface area contributed by atoms with E-state index in [2.05, 4.69) is 4.74 Å². The summed E-state index contributed by atoms with van der Waals surface area (Å²) in [5, 5.41) is 6.26. The van der Waals surface area contributed by atoms with Gasteiger partial charge in [-0.25, -0.2) is 18.4 Å². The fourth-order valence-electron chi connectivity index (χ4n) is 0.970. The van der Waals surface area contributed by atoms with E-state index in [1.165, 1.54) is 19.6 Å². The van der Waals surface area contributed by atoms with E-state index >= 15 is 0 Å². The molecule has 2 N–H and O–H groups in total. The molecular weight excluding hydrogens is 242 g/mol. The second-order valence-corrected chi connectivity index (χ2v) is 5.14. The Labute approximate surface area is 90.7 Å². The lowest BCUT2D eigenvalue weighted by Gasteiger charge is -2.02. The second-order valence-electron chi connectivity index (χ2n) is 2.51. The summed E-state index contributed by atoms with van der Waals surface area (Å²) in [6.07, 6.45) is 0. The van der Waals surface area contributed by atoms with Gasteiger partial charge >= 0.3 is 5.97 Å². The molecule has 84 valence electrons. The maximum absolute atomic E-state index is 11.2. The van der Waals surface area contributed by atoms with E-state index in [0.717, 1.165) is 11.3 Å². The molecule has 6 nitrogen and oxygen atoms in total. The first-order chi connectivity index (χ1) is 6.91. The lowest BCUT2D eigenvalue weighted by molar-refractivity contribution is 0.0597. The van der Waals surface area contributed by atoms with Crippen molar-refractivity contribution in [2.75, 3.05) is 14.2 Å². The summed E-state index contributed by atoms with van der Waals surface area (Å²) in [7, 11) is -1.44. The van der Waals surface area contributed by atoms with Crippen molar-refractivity contribution in [2.24, 2.45) is 5.14 Å². The number of hydrogen-bond acceptors (Lipinski definition) is 6. The molecule has 0 aliphatic rings. The van der Waals surface area contributed by atoms with E-state index in [9.17, 15) is 13.2 Å². The third-order valence-electron chi connectivity index (χ3n) is 1.58. The first-order valence-electron chi connectivity index (χ1n) is 3.68. The number of carbonyl (C=O) groups is 1. The van der Waals surface area contributed by atoms with Gasteiger partial charge in [0, 0.05) is 5.38 Å². The van der Waals surface area contributed by atoms with Crippen LogP contribution in [0.5, 0.6) is 5.75 Å². The fourth-order valence-corrected chi connectivity index (χ4v) is 2.83. The summed E-state index contributed by atoms with van der Waals surface area (Å²) in [5.41, 5.74) is 0.0500. The normalized spacial score (nSPS) is 11.1. The summed E-state index contributed by atoms with van der Waals surface area (Å²) in [6, 6.07) is 0. The van der Waals surface area contributed by atoms with E-state index in [1.54, 1.807) is 0 Å². The van der Waals surface area contributed by atoms with E-state index in [4.69, 9.17) is 9.88 Å². The van der Waals surface area contributed by atoms with E-state index in [1.807, 2.05) is 0 Å². The van der Waals surface area contributed by atoms with Gasteiger partial charge in [-0.1, -0.05) is 0 Å². The molecule has 1 aromatic heterocycles. The maximum atomic E-state index is 11.2. The number of sulfonamides is 1. The zero-order chi connectivity index (χ0) is 11.6. The molecule has 15 heavy (non-hydrogen) atoms. The Kier molecular flexibility index (Phi) is 3.32. The average Bonchev–Trinajstić information content (AvgIpc) is 2.59. The van der Waals surface area contributed by atoms with Crippen LogP contribution in [-0.4, -0.2) is 28.6 Å². The molecule has 8 heteroatoms. The number of esters is 1. The Hall–Kier alpha value is -1.12. The predicted molar refractivity (Wildman–Crippen MR) is 53.6 cm³/mol. The first-order valence-corrected chi connectivity index (χ1v) is 6.11. The molecule has 0 bridgehead atoms. The average molecular weight is 251 g/mol. The minimum Gasteiger partial charge on any atom is -0.494 e. The number of rotatable bonds is 3. The molecule has 0 saturated heterocycles. The van der Waals surface area contributed by atoms with Crippen molar-refractivity contribution in [2.45, 2.75) is 4.21 Å². The number of ether oxygens (including phenoxy) is 2. The number of carbonyl (C=O) groups excluding carboxylic acids is 1. The first kappa shape index (κ1) is 12.0. The molecule has 0 fully saturated rings. The third kappa shape index (κ3) is 2.28. The number of nitrogens with two attached hydrogens (primary N) is 1. The Morgan fingerprint density at radius 2 is 2.07 bits per heavy atom. The molecule has 0 unspecified atom stereocenters. The van der Waals surface area contributed by atoms with Crippen LogP contribution in [0.3, 0.4) is 0 Å². The van der Waals surface area contributed by atoms with Crippen LogP contribution in [0.2, 0.25) is 0 Å². The summed E-state index contributed by atoms with van der Waals surface area (Å²) in [4.78, 5) is 11.2. The van der Waals surface area contributed by atoms with Gasteiger partial charge in [-0.05, 0) is 0 Å². The van der Waals surface area contributed by atoms with Crippen LogP contribution in [0.25, 0.3) is 0 Å². The summed E-state index contributed by atoms with van der Waals surface area (Å²) in [5.74, 6) is -0.743. The second kappa shape index (κ2) is 4.17. The third-order valence-corrected chi connectivity index (χ3v) is 4.02. The number of thiophene rings is 1. The summed E-state index contributed by atoms with van der Waals surface area (Å²) < 4.78 is 31.3. The van der Waals surface area contributed by atoms with E-state index in [0.29, 0.717) is 0 Å². The zero-order valence-corrected chi connectivity index (χ0v) is 9.65. The zero-order valence-electron chi connectivity index (χ0n) is 8.01. The molecule has 0 spiro atoms. The molecule has 0 saturated carbocycles. The monoisotopic (exact) mass is 251 g/mol. The minimum atomic E-state index is -3.88. The van der Waals surface area contributed by atoms with Crippen molar-refractivity contribution in [3.8, 4) is 5.75 Å². The fraction of sp³-hybridized carbons (Fsp3) is 0.286. The molecule has 1 rings (SSSR count). The van der Waals surface area contributed by atoms with Gasteiger partial charge in [-0.2, -0.15) is 0 Å². The van der Waals surface area contributed by atoms with Crippen molar-refractivity contribution in [1.82, 2.24) is 0 Å². The van der Waals surface area contributed by atoms with Crippen molar-refractivity contribution in [3.63, 3.8) is 0 Å². The molecule has 0 aliphatic heterocycles. The van der Waals surface area contributed by atoms with E-state index < -0.39 is 16.0 Å². The highest BCUT2D eigenvalue weighted by molar-refractivity contribution is 7.91. The van der Waals surface area contributed by atoms with Crippen LogP contribution in [-0.2, 0) is 14.8 Å². The van der Waals surface area contributed by atoms with Crippen LogP contribution < -0.4 is 9.88 Å². The SMILES string of the molecule is COC(=O)c1csc(S(N)(=O)=O)c1OC. The molecule has 1 heterocycles. The van der Waals surface area contributed by atoms with Gasteiger partial charge in [0.25, 0.3) is 10.0 Å². The van der Waals surface area contributed by atoms with Crippen LogP contribution >= 0.6 is 11.3 Å². The highest BCUT2D eigenvalue weighted by Gasteiger charge is 2.25. The lowest BCUT2D eigenvalue weighted by Crippen LogP contribution is -2.12. The van der Waals surface area contributed by atoms with E-state index in [-0.39, 0.29) is 15.5 Å². The Morgan fingerprint density at radius 3 is 2.47 bits per heavy atom. The van der Waals surface area contributed by atoms with Crippen molar-refractivity contribution in [1.29, 1.82) is 0 Å². The van der Waals surface area contributed by atoms with Crippen molar-refractivity contribution >= 4 is 27.3 Å². The van der Waals surface area contributed by atoms with Crippen LogP contribution in [0, 0.1) is 0 Å². The Bertz CT molecular complexity index is 476. The van der Waals surface area contributed by atoms with Gasteiger partial charge in [0.05, 0.1) is 14.2 Å². The van der Waals surface area contributed by atoms with Gasteiger partial charge in [0.15, 0.2) is 9.96 Å². The highest BCUT2D eigenvalue weighted by atomic mass is 32.2. The molecule has 0 aromatic carbocycles. The van der Waals surface area contributed by atoms with Crippen LogP contribution in [0.4, 0.5) is 0 Å². The van der Waals surface area contributed by atoms with Gasteiger partial charge in [-0.15, -0.1) is 11.3 Å².